The summed E-state index contributed by atoms with van der Waals surface area (Å²) < 4.78 is 11.8. The van der Waals surface area contributed by atoms with Gasteiger partial charge in [-0.3, -0.25) is 9.36 Å². The predicted octanol–water partition coefficient (Wildman–Crippen LogP) is 2.47. The van der Waals surface area contributed by atoms with Crippen LogP contribution in [-0.2, 0) is 16.0 Å². The quantitative estimate of drug-likeness (QED) is 0.828. The van der Waals surface area contributed by atoms with Gasteiger partial charge in [0.1, 0.15) is 16.8 Å². The average Bonchev–Trinajstić information content (AvgIpc) is 3.07. The summed E-state index contributed by atoms with van der Waals surface area (Å²) in [5, 5.41) is 0.627. The molecule has 1 aliphatic heterocycles. The first-order valence-electron chi connectivity index (χ1n) is 8.27. The van der Waals surface area contributed by atoms with E-state index in [2.05, 4.69) is 6.92 Å². The molecule has 0 amide bonds. The highest BCUT2D eigenvalue weighted by atomic mass is 32.2. The van der Waals surface area contributed by atoms with Crippen LogP contribution in [0.25, 0.3) is 0 Å². The van der Waals surface area contributed by atoms with Crippen molar-refractivity contribution < 1.29 is 14.3 Å². The van der Waals surface area contributed by atoms with Crippen molar-refractivity contribution in [3.8, 4) is 5.75 Å². The molecule has 1 aromatic heterocycles. The summed E-state index contributed by atoms with van der Waals surface area (Å²) in [6.45, 7) is 4.10. The predicted molar refractivity (Wildman–Crippen MR) is 102 cm³/mol. The molecule has 26 heavy (non-hydrogen) atoms. The molecule has 2 heterocycles. The zero-order valence-corrected chi connectivity index (χ0v) is 16.1. The molecule has 7 heteroatoms. The number of carbonyl (C=O) groups is 1. The number of hydrogen-bond acceptors (Lipinski definition) is 6. The number of aromatic nitrogens is 1. The fourth-order valence-electron chi connectivity index (χ4n) is 3.25. The molecule has 0 spiro atoms. The van der Waals surface area contributed by atoms with E-state index in [9.17, 15) is 9.59 Å². The van der Waals surface area contributed by atoms with Gasteiger partial charge in [-0.25, -0.2) is 4.79 Å². The van der Waals surface area contributed by atoms with Gasteiger partial charge in [0.25, 0.3) is 5.56 Å². The topological polar surface area (TPSA) is 83.6 Å². The van der Waals surface area contributed by atoms with E-state index in [1.54, 1.807) is 7.11 Å². The molecule has 3 rings (SSSR count). The zero-order valence-electron chi connectivity index (χ0n) is 15.3. The number of benzene rings is 1. The van der Waals surface area contributed by atoms with Crippen molar-refractivity contribution in [3.05, 3.63) is 50.8 Å². The van der Waals surface area contributed by atoms with E-state index in [4.69, 9.17) is 15.2 Å². The molecule has 0 aliphatic carbocycles. The van der Waals surface area contributed by atoms with Gasteiger partial charge in [-0.05, 0) is 30.5 Å². The molecule has 0 fully saturated rings. The molecule has 1 aliphatic rings. The number of nitrogen functional groups attached to an aromatic ring is 1. The maximum Gasteiger partial charge on any atom is 0.329 e. The van der Waals surface area contributed by atoms with E-state index in [0.717, 1.165) is 11.1 Å². The lowest BCUT2D eigenvalue weighted by Crippen LogP contribution is -2.32. The Hall–Kier alpha value is -2.41. The fourth-order valence-corrected chi connectivity index (χ4v) is 4.54. The Morgan fingerprint density at radius 3 is 2.73 bits per heavy atom. The Kier molecular flexibility index (Phi) is 5.00. The normalized spacial score (nSPS) is 15.6. The van der Waals surface area contributed by atoms with Crippen LogP contribution in [0, 0.1) is 13.8 Å². The SMILES string of the molecule is COC(=O)[C@@H]1CSc2c(OC)c(Cc3cccc(C)c3C)c(N)c(=O)n21. The first-order chi connectivity index (χ1) is 12.4. The maximum atomic E-state index is 12.9. The largest absolute Gasteiger partial charge is 0.494 e. The summed E-state index contributed by atoms with van der Waals surface area (Å²) in [5.74, 6) is 0.520. The summed E-state index contributed by atoms with van der Waals surface area (Å²) in [6, 6.07) is 5.38. The van der Waals surface area contributed by atoms with Gasteiger partial charge in [-0.1, -0.05) is 18.2 Å². The Morgan fingerprint density at radius 1 is 1.35 bits per heavy atom. The second-order valence-corrected chi connectivity index (χ2v) is 7.30. The molecule has 0 bridgehead atoms. The number of methoxy groups -OCH3 is 2. The van der Waals surface area contributed by atoms with Crippen LogP contribution in [0.3, 0.4) is 0 Å². The number of pyridine rings is 1. The Morgan fingerprint density at radius 2 is 2.08 bits per heavy atom. The van der Waals surface area contributed by atoms with Gasteiger partial charge >= 0.3 is 5.97 Å². The van der Waals surface area contributed by atoms with Gasteiger partial charge in [-0.2, -0.15) is 0 Å². The highest BCUT2D eigenvalue weighted by Gasteiger charge is 2.35. The van der Waals surface area contributed by atoms with Crippen molar-refractivity contribution >= 4 is 23.4 Å². The summed E-state index contributed by atoms with van der Waals surface area (Å²) in [6.07, 6.45) is 0.495. The molecule has 2 aromatic rings. The van der Waals surface area contributed by atoms with Crippen molar-refractivity contribution in [2.75, 3.05) is 25.7 Å². The molecule has 0 saturated carbocycles. The van der Waals surface area contributed by atoms with E-state index in [0.29, 0.717) is 28.5 Å². The molecule has 138 valence electrons. The molecule has 1 atom stereocenters. The van der Waals surface area contributed by atoms with E-state index < -0.39 is 12.0 Å². The van der Waals surface area contributed by atoms with Gasteiger partial charge in [0.05, 0.1) is 14.2 Å². The van der Waals surface area contributed by atoms with Crippen LogP contribution in [0.2, 0.25) is 0 Å². The van der Waals surface area contributed by atoms with Crippen molar-refractivity contribution in [2.24, 2.45) is 0 Å². The van der Waals surface area contributed by atoms with Crippen LogP contribution in [0.5, 0.6) is 5.75 Å². The summed E-state index contributed by atoms with van der Waals surface area (Å²) >= 11 is 1.41. The van der Waals surface area contributed by atoms with Gasteiger partial charge < -0.3 is 15.2 Å². The third kappa shape index (κ3) is 2.86. The van der Waals surface area contributed by atoms with Crippen molar-refractivity contribution in [3.63, 3.8) is 0 Å². The zero-order chi connectivity index (χ0) is 19.0. The number of aryl methyl sites for hydroxylation is 1. The number of nitrogens with two attached hydrogens (primary N) is 1. The number of rotatable bonds is 4. The molecule has 2 N–H and O–H groups in total. The number of nitrogens with zero attached hydrogens (tertiary/aromatic N) is 1. The minimum atomic E-state index is -0.682. The van der Waals surface area contributed by atoms with Crippen LogP contribution < -0.4 is 16.0 Å². The summed E-state index contributed by atoms with van der Waals surface area (Å²) in [4.78, 5) is 24.9. The highest BCUT2D eigenvalue weighted by molar-refractivity contribution is 7.99. The number of esters is 1. The number of hydrogen-bond donors (Lipinski definition) is 1. The summed E-state index contributed by atoms with van der Waals surface area (Å²) in [5.41, 5.74) is 10.0. The molecule has 1 aromatic carbocycles. The molecule has 0 unspecified atom stereocenters. The minimum Gasteiger partial charge on any atom is -0.494 e. The van der Waals surface area contributed by atoms with Crippen LogP contribution >= 0.6 is 11.8 Å². The van der Waals surface area contributed by atoms with E-state index in [1.165, 1.54) is 29.0 Å². The van der Waals surface area contributed by atoms with E-state index in [-0.39, 0.29) is 11.2 Å². The minimum absolute atomic E-state index is 0.114. The van der Waals surface area contributed by atoms with Crippen LogP contribution in [0.1, 0.15) is 28.3 Å². The summed E-state index contributed by atoms with van der Waals surface area (Å²) in [7, 11) is 2.87. The molecular formula is C19H22N2O4S. The van der Waals surface area contributed by atoms with E-state index >= 15 is 0 Å². The maximum absolute atomic E-state index is 12.9. The molecule has 0 saturated heterocycles. The Balaban J connectivity index is 2.17. The Labute approximate surface area is 156 Å². The molecule has 6 nitrogen and oxygen atoms in total. The monoisotopic (exact) mass is 374 g/mol. The molecule has 0 radical (unpaired) electrons. The van der Waals surface area contributed by atoms with Gasteiger partial charge in [0.2, 0.25) is 0 Å². The number of carbonyl (C=O) groups excluding carboxylic acids is 1. The smallest absolute Gasteiger partial charge is 0.329 e. The lowest BCUT2D eigenvalue weighted by Gasteiger charge is -2.19. The van der Waals surface area contributed by atoms with Crippen molar-refractivity contribution in [1.82, 2.24) is 4.57 Å². The highest BCUT2D eigenvalue weighted by Crippen LogP contribution is 2.42. The van der Waals surface area contributed by atoms with E-state index in [1.807, 2.05) is 25.1 Å². The van der Waals surface area contributed by atoms with Gasteiger partial charge in [0.15, 0.2) is 5.75 Å². The third-order valence-corrected chi connectivity index (χ3v) is 6.05. The lowest BCUT2D eigenvalue weighted by atomic mass is 9.96. The number of thioether (sulfide) groups is 1. The van der Waals surface area contributed by atoms with Crippen molar-refractivity contribution in [2.45, 2.75) is 31.3 Å². The fraction of sp³-hybridized carbons (Fsp3) is 0.368. The molecular weight excluding hydrogens is 352 g/mol. The van der Waals surface area contributed by atoms with Crippen molar-refractivity contribution in [1.29, 1.82) is 0 Å². The second kappa shape index (κ2) is 7.07. The van der Waals surface area contributed by atoms with Crippen LogP contribution in [0.4, 0.5) is 5.69 Å². The number of anilines is 1. The number of ether oxygens (including phenoxy) is 2. The van der Waals surface area contributed by atoms with Crippen LogP contribution in [-0.4, -0.2) is 30.5 Å². The lowest BCUT2D eigenvalue weighted by molar-refractivity contribution is -0.143. The first kappa shape index (κ1) is 18.4. The average molecular weight is 374 g/mol. The van der Waals surface area contributed by atoms with Crippen LogP contribution in [0.15, 0.2) is 28.0 Å². The van der Waals surface area contributed by atoms with Gasteiger partial charge in [-0.15, -0.1) is 11.8 Å². The second-order valence-electron chi connectivity index (χ2n) is 6.29. The third-order valence-electron chi connectivity index (χ3n) is 4.91. The van der Waals surface area contributed by atoms with Gasteiger partial charge in [0, 0.05) is 17.7 Å². The number of fused-ring (bicyclic) bond motifs is 1. The standard InChI is InChI=1S/C19H22N2O4S/c1-10-6-5-7-12(11(10)2)8-13-15(20)17(22)21-14(19(23)25-4)9-26-18(21)16(13)24-3/h5-7,14H,8-9,20H2,1-4H3/t14-/m0/s1. The first-order valence-corrected chi connectivity index (χ1v) is 9.25. The Bertz CT molecular complexity index is 936.